The van der Waals surface area contributed by atoms with Crippen molar-refractivity contribution in [1.29, 1.82) is 5.26 Å². The van der Waals surface area contributed by atoms with Crippen molar-refractivity contribution in [2.45, 2.75) is 12.6 Å². The van der Waals surface area contributed by atoms with E-state index in [-0.39, 0.29) is 0 Å². The van der Waals surface area contributed by atoms with Gasteiger partial charge in [0.2, 0.25) is 0 Å². The van der Waals surface area contributed by atoms with E-state index >= 15 is 0 Å². The Morgan fingerprint density at radius 3 is 3.06 bits per heavy atom. The number of oxazole rings is 1. The predicted molar refractivity (Wildman–Crippen MR) is 57.8 cm³/mol. The van der Waals surface area contributed by atoms with Crippen LogP contribution in [-0.2, 0) is 6.54 Å². The molecule has 1 fully saturated rings. The Hall–Kier alpha value is -2.13. The summed E-state index contributed by atoms with van der Waals surface area (Å²) >= 11 is 0. The summed E-state index contributed by atoms with van der Waals surface area (Å²) in [5.74, 6) is 0. The van der Waals surface area contributed by atoms with Crippen molar-refractivity contribution in [2.75, 3.05) is 13.1 Å². The van der Waals surface area contributed by atoms with E-state index in [9.17, 15) is 0 Å². The summed E-state index contributed by atoms with van der Waals surface area (Å²) in [6.07, 6.45) is 6.49. The van der Waals surface area contributed by atoms with Crippen LogP contribution in [0.3, 0.4) is 0 Å². The van der Waals surface area contributed by atoms with E-state index in [2.05, 4.69) is 21.1 Å². The standard InChI is InChI=1S/C11H11N5O/c12-1-9-2-14-16(3-9)11-5-15(6-11)4-10-7-17-8-13-10/h2-3,7-8,11H,4-6H2. The maximum absolute atomic E-state index is 8.71. The van der Waals surface area contributed by atoms with Gasteiger partial charge in [-0.2, -0.15) is 10.4 Å². The highest BCUT2D eigenvalue weighted by Gasteiger charge is 2.29. The Morgan fingerprint density at radius 2 is 2.41 bits per heavy atom. The summed E-state index contributed by atoms with van der Waals surface area (Å²) in [5.41, 5.74) is 1.56. The lowest BCUT2D eigenvalue weighted by molar-refractivity contribution is 0.0895. The highest BCUT2D eigenvalue weighted by molar-refractivity contribution is 5.22. The Labute approximate surface area is 98.1 Å². The van der Waals surface area contributed by atoms with Crippen LogP contribution in [0.25, 0.3) is 0 Å². The van der Waals surface area contributed by atoms with Crippen molar-refractivity contribution >= 4 is 0 Å². The number of rotatable bonds is 3. The predicted octanol–water partition coefficient (Wildman–Crippen LogP) is 0.800. The zero-order valence-corrected chi connectivity index (χ0v) is 9.15. The molecule has 0 unspecified atom stereocenters. The molecule has 0 atom stereocenters. The van der Waals surface area contributed by atoms with Gasteiger partial charge in [0.25, 0.3) is 0 Å². The van der Waals surface area contributed by atoms with Crippen LogP contribution in [0.1, 0.15) is 17.3 Å². The van der Waals surface area contributed by atoms with Gasteiger partial charge in [-0.1, -0.05) is 0 Å². The Morgan fingerprint density at radius 1 is 1.53 bits per heavy atom. The summed E-state index contributed by atoms with van der Waals surface area (Å²) in [7, 11) is 0. The number of aromatic nitrogens is 3. The molecule has 2 aromatic heterocycles. The Bertz CT molecular complexity index is 532. The van der Waals surface area contributed by atoms with Crippen molar-refractivity contribution in [1.82, 2.24) is 19.7 Å². The summed E-state index contributed by atoms with van der Waals surface area (Å²) in [6, 6.07) is 2.44. The van der Waals surface area contributed by atoms with Crippen molar-refractivity contribution in [2.24, 2.45) is 0 Å². The van der Waals surface area contributed by atoms with E-state index in [1.54, 1.807) is 18.7 Å². The first-order valence-corrected chi connectivity index (χ1v) is 5.39. The van der Waals surface area contributed by atoms with Crippen LogP contribution in [0.5, 0.6) is 0 Å². The van der Waals surface area contributed by atoms with Crippen molar-refractivity contribution in [3.8, 4) is 6.07 Å². The monoisotopic (exact) mass is 229 g/mol. The van der Waals surface area contributed by atoms with Gasteiger partial charge in [0.1, 0.15) is 12.3 Å². The fraction of sp³-hybridized carbons (Fsp3) is 0.364. The molecule has 86 valence electrons. The van der Waals surface area contributed by atoms with Gasteiger partial charge in [-0.25, -0.2) is 4.98 Å². The van der Waals surface area contributed by atoms with Gasteiger partial charge in [-0.3, -0.25) is 9.58 Å². The van der Waals surface area contributed by atoms with Crippen LogP contribution >= 0.6 is 0 Å². The highest BCUT2D eigenvalue weighted by atomic mass is 16.3. The third-order valence-electron chi connectivity index (χ3n) is 2.91. The van der Waals surface area contributed by atoms with Crippen LogP contribution in [0.4, 0.5) is 0 Å². The maximum Gasteiger partial charge on any atom is 0.180 e. The zero-order chi connectivity index (χ0) is 11.7. The average molecular weight is 229 g/mol. The van der Waals surface area contributed by atoms with Crippen molar-refractivity contribution in [3.63, 3.8) is 0 Å². The van der Waals surface area contributed by atoms with E-state index < -0.39 is 0 Å². The molecule has 1 saturated heterocycles. The molecule has 0 bridgehead atoms. The molecule has 6 heteroatoms. The second kappa shape index (κ2) is 4.03. The van der Waals surface area contributed by atoms with Gasteiger partial charge in [-0.15, -0.1) is 0 Å². The average Bonchev–Trinajstić information content (AvgIpc) is 2.94. The molecule has 0 N–H and O–H groups in total. The van der Waals surface area contributed by atoms with Crippen molar-refractivity contribution in [3.05, 3.63) is 36.3 Å². The van der Waals surface area contributed by atoms with Gasteiger partial charge in [0.15, 0.2) is 6.39 Å². The molecular formula is C11H11N5O. The van der Waals surface area contributed by atoms with Crippen LogP contribution in [-0.4, -0.2) is 32.8 Å². The molecule has 0 radical (unpaired) electrons. The second-order valence-electron chi connectivity index (χ2n) is 4.15. The number of hydrogen-bond acceptors (Lipinski definition) is 5. The zero-order valence-electron chi connectivity index (χ0n) is 9.15. The highest BCUT2D eigenvalue weighted by Crippen LogP contribution is 2.22. The molecule has 1 aliphatic heterocycles. The minimum Gasteiger partial charge on any atom is -0.451 e. The van der Waals surface area contributed by atoms with E-state index in [1.807, 2.05) is 4.68 Å². The molecule has 17 heavy (non-hydrogen) atoms. The van der Waals surface area contributed by atoms with E-state index in [0.717, 1.165) is 25.3 Å². The molecule has 0 amide bonds. The van der Waals surface area contributed by atoms with E-state index in [4.69, 9.17) is 9.68 Å². The van der Waals surface area contributed by atoms with Gasteiger partial charge < -0.3 is 4.42 Å². The molecule has 2 aromatic rings. The quantitative estimate of drug-likeness (QED) is 0.778. The van der Waals surface area contributed by atoms with Gasteiger partial charge >= 0.3 is 0 Å². The maximum atomic E-state index is 8.71. The Kier molecular flexibility index (Phi) is 2.38. The molecule has 3 heterocycles. The molecule has 1 aliphatic rings. The van der Waals surface area contributed by atoms with E-state index in [1.165, 1.54) is 6.39 Å². The summed E-state index contributed by atoms with van der Waals surface area (Å²) in [6.45, 7) is 2.66. The number of likely N-dealkylation sites (tertiary alicyclic amines) is 1. The number of nitrogens with zero attached hydrogens (tertiary/aromatic N) is 5. The topological polar surface area (TPSA) is 70.9 Å². The number of hydrogen-bond donors (Lipinski definition) is 0. The minimum atomic E-state index is 0.365. The largest absolute Gasteiger partial charge is 0.451 e. The minimum absolute atomic E-state index is 0.365. The molecule has 6 nitrogen and oxygen atoms in total. The lowest BCUT2D eigenvalue weighted by Gasteiger charge is -2.38. The molecule has 0 spiro atoms. The first kappa shape index (κ1) is 10.1. The van der Waals surface area contributed by atoms with Gasteiger partial charge in [0, 0.05) is 25.8 Å². The van der Waals surface area contributed by atoms with Gasteiger partial charge in [-0.05, 0) is 0 Å². The van der Waals surface area contributed by atoms with Crippen LogP contribution in [0.2, 0.25) is 0 Å². The molecule has 0 saturated carbocycles. The van der Waals surface area contributed by atoms with Crippen LogP contribution in [0, 0.1) is 11.3 Å². The van der Waals surface area contributed by atoms with Crippen LogP contribution in [0.15, 0.2) is 29.5 Å². The SMILES string of the molecule is N#Cc1cnn(C2CN(Cc3cocn3)C2)c1. The smallest absolute Gasteiger partial charge is 0.180 e. The van der Waals surface area contributed by atoms with Gasteiger partial charge in [0.05, 0.1) is 23.5 Å². The molecular weight excluding hydrogens is 218 g/mol. The fourth-order valence-corrected chi connectivity index (χ4v) is 1.98. The third kappa shape index (κ3) is 1.92. The second-order valence-corrected chi connectivity index (χ2v) is 4.15. The fourth-order valence-electron chi connectivity index (χ4n) is 1.98. The lowest BCUT2D eigenvalue weighted by Crippen LogP contribution is -2.47. The normalized spacial score (nSPS) is 16.6. The Balaban J connectivity index is 1.56. The summed E-state index contributed by atoms with van der Waals surface area (Å²) < 4.78 is 6.78. The third-order valence-corrected chi connectivity index (χ3v) is 2.91. The first-order valence-electron chi connectivity index (χ1n) is 5.39. The summed E-state index contributed by atoms with van der Waals surface area (Å²) in [5, 5.41) is 12.9. The lowest BCUT2D eigenvalue weighted by atomic mass is 10.1. The van der Waals surface area contributed by atoms with E-state index in [0.29, 0.717) is 11.6 Å². The number of nitriles is 1. The molecule has 3 rings (SSSR count). The first-order chi connectivity index (χ1) is 8.35. The van der Waals surface area contributed by atoms with Crippen molar-refractivity contribution < 1.29 is 4.42 Å². The molecule has 0 aromatic carbocycles. The summed E-state index contributed by atoms with van der Waals surface area (Å²) in [4.78, 5) is 6.34. The molecule has 0 aliphatic carbocycles. The van der Waals surface area contributed by atoms with Crippen LogP contribution < -0.4 is 0 Å².